The second kappa shape index (κ2) is 4.79. The molecule has 2 rings (SSSR count). The molecule has 0 amide bonds. The van der Waals surface area contributed by atoms with Gasteiger partial charge in [0.15, 0.2) is 0 Å². The van der Waals surface area contributed by atoms with E-state index in [-0.39, 0.29) is 18.1 Å². The molecule has 0 saturated heterocycles. The van der Waals surface area contributed by atoms with Gasteiger partial charge >= 0.3 is 0 Å². The first-order valence-corrected chi connectivity index (χ1v) is 6.48. The molecule has 17 heavy (non-hydrogen) atoms. The summed E-state index contributed by atoms with van der Waals surface area (Å²) in [4.78, 5) is 0. The second-order valence-electron chi connectivity index (χ2n) is 6.05. The SMILES string of the molecule is CC(C)(C)c1ccc(C(CO)NC2CC2)cc1. The van der Waals surface area contributed by atoms with E-state index in [1.165, 1.54) is 24.0 Å². The minimum absolute atomic E-state index is 0.0940. The van der Waals surface area contributed by atoms with Crippen LogP contribution < -0.4 is 5.32 Å². The highest BCUT2D eigenvalue weighted by molar-refractivity contribution is 5.29. The standard InChI is InChI=1S/C15H23NO/c1-15(2,3)12-6-4-11(5-7-12)14(10-17)16-13-8-9-13/h4-7,13-14,16-17H,8-10H2,1-3H3. The topological polar surface area (TPSA) is 32.3 Å². The van der Waals surface area contributed by atoms with Gasteiger partial charge in [-0.3, -0.25) is 0 Å². The number of aliphatic hydroxyl groups is 1. The van der Waals surface area contributed by atoms with Gasteiger partial charge in [-0.05, 0) is 29.4 Å². The van der Waals surface area contributed by atoms with Crippen molar-refractivity contribution in [3.63, 3.8) is 0 Å². The van der Waals surface area contributed by atoms with Crippen molar-refractivity contribution in [2.45, 2.75) is 51.1 Å². The monoisotopic (exact) mass is 233 g/mol. The molecule has 1 fully saturated rings. The summed E-state index contributed by atoms with van der Waals surface area (Å²) < 4.78 is 0. The number of hydrogen-bond acceptors (Lipinski definition) is 2. The first-order valence-electron chi connectivity index (χ1n) is 6.48. The maximum atomic E-state index is 9.42. The molecule has 1 saturated carbocycles. The van der Waals surface area contributed by atoms with Gasteiger partial charge < -0.3 is 10.4 Å². The zero-order valence-electron chi connectivity index (χ0n) is 11.0. The van der Waals surface area contributed by atoms with E-state index in [1.54, 1.807) is 0 Å². The van der Waals surface area contributed by atoms with Crippen molar-refractivity contribution in [2.75, 3.05) is 6.61 Å². The Morgan fingerprint density at radius 1 is 1.24 bits per heavy atom. The molecule has 0 aromatic heterocycles. The minimum Gasteiger partial charge on any atom is -0.394 e. The molecule has 0 radical (unpaired) electrons. The van der Waals surface area contributed by atoms with Gasteiger partial charge in [0, 0.05) is 6.04 Å². The van der Waals surface area contributed by atoms with E-state index in [0.29, 0.717) is 6.04 Å². The molecule has 0 spiro atoms. The van der Waals surface area contributed by atoms with Crippen molar-refractivity contribution >= 4 is 0 Å². The van der Waals surface area contributed by atoms with Crippen molar-refractivity contribution in [2.24, 2.45) is 0 Å². The molecule has 2 N–H and O–H groups in total. The van der Waals surface area contributed by atoms with Crippen molar-refractivity contribution < 1.29 is 5.11 Å². The van der Waals surface area contributed by atoms with Gasteiger partial charge in [-0.1, -0.05) is 45.0 Å². The van der Waals surface area contributed by atoms with Gasteiger partial charge in [-0.25, -0.2) is 0 Å². The maximum Gasteiger partial charge on any atom is 0.0626 e. The van der Waals surface area contributed by atoms with Gasteiger partial charge in [0.05, 0.1) is 12.6 Å². The fourth-order valence-electron chi connectivity index (χ4n) is 2.00. The Labute approximate surface area is 104 Å². The van der Waals surface area contributed by atoms with E-state index in [2.05, 4.69) is 50.4 Å². The Bertz CT molecular complexity index is 360. The van der Waals surface area contributed by atoms with E-state index in [1.807, 2.05) is 0 Å². The number of rotatable bonds is 4. The molecule has 1 aliphatic rings. The number of nitrogens with one attached hydrogen (secondary N) is 1. The summed E-state index contributed by atoms with van der Waals surface area (Å²) in [5.74, 6) is 0. The third-order valence-electron chi connectivity index (χ3n) is 3.38. The molecule has 1 unspecified atom stereocenters. The molecule has 1 aliphatic carbocycles. The number of benzene rings is 1. The van der Waals surface area contributed by atoms with E-state index >= 15 is 0 Å². The molecule has 0 aliphatic heterocycles. The predicted octanol–water partition coefficient (Wildman–Crippen LogP) is 2.77. The zero-order chi connectivity index (χ0) is 12.5. The van der Waals surface area contributed by atoms with Crippen molar-refractivity contribution in [1.82, 2.24) is 5.32 Å². The Morgan fingerprint density at radius 2 is 1.82 bits per heavy atom. The molecule has 94 valence electrons. The lowest BCUT2D eigenvalue weighted by molar-refractivity contribution is 0.243. The first kappa shape index (κ1) is 12.6. The molecular formula is C15H23NO. The first-order chi connectivity index (χ1) is 8.00. The van der Waals surface area contributed by atoms with Crippen LogP contribution in [0.5, 0.6) is 0 Å². The van der Waals surface area contributed by atoms with Gasteiger partial charge in [0.25, 0.3) is 0 Å². The predicted molar refractivity (Wildman–Crippen MR) is 71.1 cm³/mol. The summed E-state index contributed by atoms with van der Waals surface area (Å²) in [5, 5.41) is 12.9. The lowest BCUT2D eigenvalue weighted by Gasteiger charge is -2.21. The van der Waals surface area contributed by atoms with E-state index < -0.39 is 0 Å². The zero-order valence-corrected chi connectivity index (χ0v) is 11.0. The van der Waals surface area contributed by atoms with Crippen LogP contribution in [0.2, 0.25) is 0 Å². The smallest absolute Gasteiger partial charge is 0.0626 e. The molecule has 0 bridgehead atoms. The summed E-state index contributed by atoms with van der Waals surface area (Å²) in [6.45, 7) is 6.82. The Morgan fingerprint density at radius 3 is 2.24 bits per heavy atom. The summed E-state index contributed by atoms with van der Waals surface area (Å²) >= 11 is 0. The third-order valence-corrected chi connectivity index (χ3v) is 3.38. The molecule has 1 aromatic carbocycles. The molecule has 1 aromatic rings. The van der Waals surface area contributed by atoms with Crippen LogP contribution in [0.25, 0.3) is 0 Å². The van der Waals surface area contributed by atoms with Crippen LogP contribution in [0.1, 0.15) is 50.8 Å². The molecule has 0 heterocycles. The molecule has 1 atom stereocenters. The van der Waals surface area contributed by atoms with E-state index in [4.69, 9.17) is 0 Å². The molecule has 2 heteroatoms. The van der Waals surface area contributed by atoms with Crippen LogP contribution in [0, 0.1) is 0 Å². The lowest BCUT2D eigenvalue weighted by atomic mass is 9.86. The minimum atomic E-state index is 0.0940. The fourth-order valence-corrected chi connectivity index (χ4v) is 2.00. The Balaban J connectivity index is 2.09. The highest BCUT2D eigenvalue weighted by atomic mass is 16.3. The van der Waals surface area contributed by atoms with E-state index in [9.17, 15) is 5.11 Å². The van der Waals surface area contributed by atoms with Crippen LogP contribution >= 0.6 is 0 Å². The molecule has 2 nitrogen and oxygen atoms in total. The highest BCUT2D eigenvalue weighted by Gasteiger charge is 2.25. The summed E-state index contributed by atoms with van der Waals surface area (Å²) in [6.07, 6.45) is 2.49. The van der Waals surface area contributed by atoms with Gasteiger partial charge in [-0.2, -0.15) is 0 Å². The summed E-state index contributed by atoms with van der Waals surface area (Å²) in [7, 11) is 0. The summed E-state index contributed by atoms with van der Waals surface area (Å²) in [6, 6.07) is 9.33. The normalized spacial score (nSPS) is 18.1. The van der Waals surface area contributed by atoms with Crippen molar-refractivity contribution in [3.05, 3.63) is 35.4 Å². The average Bonchev–Trinajstić information content (AvgIpc) is 3.09. The van der Waals surface area contributed by atoms with Crippen LogP contribution in [0.15, 0.2) is 24.3 Å². The van der Waals surface area contributed by atoms with Gasteiger partial charge in [0.1, 0.15) is 0 Å². The second-order valence-corrected chi connectivity index (χ2v) is 6.05. The highest BCUT2D eigenvalue weighted by Crippen LogP contribution is 2.26. The van der Waals surface area contributed by atoms with Crippen LogP contribution in [-0.2, 0) is 5.41 Å². The van der Waals surface area contributed by atoms with Crippen molar-refractivity contribution in [1.29, 1.82) is 0 Å². The van der Waals surface area contributed by atoms with Gasteiger partial charge in [-0.15, -0.1) is 0 Å². The van der Waals surface area contributed by atoms with Crippen molar-refractivity contribution in [3.8, 4) is 0 Å². The maximum absolute atomic E-state index is 9.42. The fraction of sp³-hybridized carbons (Fsp3) is 0.600. The lowest BCUT2D eigenvalue weighted by Crippen LogP contribution is -2.26. The molecular weight excluding hydrogens is 210 g/mol. The Kier molecular flexibility index (Phi) is 3.55. The summed E-state index contributed by atoms with van der Waals surface area (Å²) in [5.41, 5.74) is 2.72. The largest absolute Gasteiger partial charge is 0.394 e. The number of hydrogen-bond donors (Lipinski definition) is 2. The van der Waals surface area contributed by atoms with Crippen LogP contribution in [0.3, 0.4) is 0 Å². The van der Waals surface area contributed by atoms with Crippen LogP contribution in [0.4, 0.5) is 0 Å². The van der Waals surface area contributed by atoms with Crippen LogP contribution in [-0.4, -0.2) is 17.8 Å². The van der Waals surface area contributed by atoms with E-state index in [0.717, 1.165) is 0 Å². The van der Waals surface area contributed by atoms with Gasteiger partial charge in [0.2, 0.25) is 0 Å². The Hall–Kier alpha value is -0.860. The third kappa shape index (κ3) is 3.30. The number of aliphatic hydroxyl groups excluding tert-OH is 1. The quantitative estimate of drug-likeness (QED) is 0.838. The average molecular weight is 233 g/mol.